The van der Waals surface area contributed by atoms with Crippen LogP contribution in [0.3, 0.4) is 0 Å². The van der Waals surface area contributed by atoms with Crippen LogP contribution in [0.1, 0.15) is 56.2 Å². The summed E-state index contributed by atoms with van der Waals surface area (Å²) in [6, 6.07) is 5.70. The molecule has 0 heterocycles. The molecule has 132 valence electrons. The highest BCUT2D eigenvalue weighted by atomic mass is 16.5. The molecule has 0 aliphatic heterocycles. The Hall–Kier alpha value is -2.04. The summed E-state index contributed by atoms with van der Waals surface area (Å²) in [5.74, 6) is 0.640. The van der Waals surface area contributed by atoms with E-state index in [0.717, 1.165) is 42.6 Å². The molecule has 2 N–H and O–H groups in total. The lowest BCUT2D eigenvalue weighted by Crippen LogP contribution is -2.40. The zero-order valence-corrected chi connectivity index (χ0v) is 14.9. The fourth-order valence-electron chi connectivity index (χ4n) is 3.24. The smallest absolute Gasteiger partial charge is 0.239 e. The summed E-state index contributed by atoms with van der Waals surface area (Å²) in [6.07, 6.45) is 5.29. The molecule has 1 aliphatic carbocycles. The van der Waals surface area contributed by atoms with Crippen molar-refractivity contribution < 1.29 is 14.3 Å². The van der Waals surface area contributed by atoms with Crippen LogP contribution in [0.25, 0.3) is 0 Å². The minimum atomic E-state index is -0.185. The van der Waals surface area contributed by atoms with Crippen LogP contribution in [-0.2, 0) is 9.59 Å². The molecule has 2 rings (SSSR count). The Bertz CT molecular complexity index is 580. The topological polar surface area (TPSA) is 67.4 Å². The Labute approximate surface area is 144 Å². The van der Waals surface area contributed by atoms with Gasteiger partial charge in [-0.1, -0.05) is 37.0 Å². The highest BCUT2D eigenvalue weighted by molar-refractivity contribution is 5.86. The van der Waals surface area contributed by atoms with Gasteiger partial charge in [-0.3, -0.25) is 9.59 Å². The van der Waals surface area contributed by atoms with E-state index in [1.54, 1.807) is 7.11 Å². The van der Waals surface area contributed by atoms with Crippen molar-refractivity contribution >= 4 is 11.8 Å². The Morgan fingerprint density at radius 1 is 1.25 bits per heavy atom. The summed E-state index contributed by atoms with van der Waals surface area (Å²) in [5, 5.41) is 5.69. The highest BCUT2D eigenvalue weighted by Gasteiger charge is 2.21. The number of nitrogens with one attached hydrogen (secondary N) is 2. The van der Waals surface area contributed by atoms with Crippen LogP contribution < -0.4 is 15.4 Å². The van der Waals surface area contributed by atoms with Crippen LogP contribution in [0.5, 0.6) is 5.75 Å². The maximum absolute atomic E-state index is 12.1. The molecule has 0 spiro atoms. The van der Waals surface area contributed by atoms with Crippen molar-refractivity contribution in [1.82, 2.24) is 10.6 Å². The molecule has 0 saturated heterocycles. The summed E-state index contributed by atoms with van der Waals surface area (Å²) in [4.78, 5) is 24.2. The zero-order valence-electron chi connectivity index (χ0n) is 14.9. The van der Waals surface area contributed by atoms with Gasteiger partial charge in [0, 0.05) is 11.5 Å². The second-order valence-electron chi connectivity index (χ2n) is 6.59. The van der Waals surface area contributed by atoms with E-state index in [1.165, 1.54) is 6.42 Å². The van der Waals surface area contributed by atoms with Crippen LogP contribution in [0.15, 0.2) is 18.2 Å². The molecule has 0 bridgehead atoms. The first kappa shape index (κ1) is 18.3. The van der Waals surface area contributed by atoms with Crippen LogP contribution >= 0.6 is 0 Å². The molecule has 1 aliphatic rings. The van der Waals surface area contributed by atoms with Crippen molar-refractivity contribution in [3.63, 3.8) is 0 Å². The van der Waals surface area contributed by atoms with Gasteiger partial charge < -0.3 is 15.4 Å². The number of benzene rings is 1. The first-order chi connectivity index (χ1) is 11.5. The number of hydrogen-bond donors (Lipinski definition) is 2. The molecule has 1 fully saturated rings. The normalized spacial score (nSPS) is 16.3. The van der Waals surface area contributed by atoms with E-state index < -0.39 is 0 Å². The molecule has 1 aromatic rings. The van der Waals surface area contributed by atoms with Crippen molar-refractivity contribution in [2.75, 3.05) is 13.7 Å². The van der Waals surface area contributed by atoms with Gasteiger partial charge in [0.2, 0.25) is 11.8 Å². The van der Waals surface area contributed by atoms with E-state index >= 15 is 0 Å². The maximum atomic E-state index is 12.1. The number of methoxy groups -OCH3 is 1. The van der Waals surface area contributed by atoms with Gasteiger partial charge in [-0.25, -0.2) is 0 Å². The van der Waals surface area contributed by atoms with Crippen LogP contribution in [0, 0.1) is 12.8 Å². The highest BCUT2D eigenvalue weighted by Crippen LogP contribution is 2.26. The lowest BCUT2D eigenvalue weighted by molar-refractivity contribution is -0.129. The average molecular weight is 332 g/mol. The van der Waals surface area contributed by atoms with Crippen molar-refractivity contribution in [2.45, 2.75) is 52.0 Å². The second kappa shape index (κ2) is 8.71. The fourth-order valence-corrected chi connectivity index (χ4v) is 3.24. The van der Waals surface area contributed by atoms with Gasteiger partial charge in [-0.2, -0.15) is 0 Å². The van der Waals surface area contributed by atoms with Gasteiger partial charge in [-0.05, 0) is 32.8 Å². The third-order valence-corrected chi connectivity index (χ3v) is 4.63. The number of amides is 2. The summed E-state index contributed by atoms with van der Waals surface area (Å²) in [6.45, 7) is 3.94. The average Bonchev–Trinajstić information content (AvgIpc) is 2.60. The lowest BCUT2D eigenvalue weighted by atomic mass is 9.89. The SMILES string of the molecule is COc1ccc(C)cc1[C@@H](C)NC(=O)CNC(=O)C1CCCCC1. The number of carbonyl (C=O) groups excluding carboxylic acids is 2. The molecule has 1 atom stereocenters. The van der Waals surface area contributed by atoms with Crippen molar-refractivity contribution in [3.8, 4) is 5.75 Å². The van der Waals surface area contributed by atoms with Crippen LogP contribution in [0.2, 0.25) is 0 Å². The Kier molecular flexibility index (Phi) is 6.64. The second-order valence-corrected chi connectivity index (χ2v) is 6.59. The van der Waals surface area contributed by atoms with Gasteiger partial charge in [0.25, 0.3) is 0 Å². The number of hydrogen-bond acceptors (Lipinski definition) is 3. The Balaban J connectivity index is 1.85. The first-order valence-electron chi connectivity index (χ1n) is 8.73. The molecule has 0 aromatic heterocycles. The number of rotatable bonds is 6. The maximum Gasteiger partial charge on any atom is 0.239 e. The Morgan fingerprint density at radius 2 is 1.96 bits per heavy atom. The number of carbonyl (C=O) groups is 2. The van der Waals surface area contributed by atoms with Crippen molar-refractivity contribution in [2.24, 2.45) is 5.92 Å². The summed E-state index contributed by atoms with van der Waals surface area (Å²) < 4.78 is 5.36. The van der Waals surface area contributed by atoms with Gasteiger partial charge >= 0.3 is 0 Å². The fraction of sp³-hybridized carbons (Fsp3) is 0.579. The molecule has 1 aromatic carbocycles. The molecular formula is C19H28N2O3. The molecule has 2 amide bonds. The van der Waals surface area contributed by atoms with Gasteiger partial charge in [0.15, 0.2) is 0 Å². The zero-order chi connectivity index (χ0) is 17.5. The van der Waals surface area contributed by atoms with E-state index in [4.69, 9.17) is 4.74 Å². The molecule has 24 heavy (non-hydrogen) atoms. The van der Waals surface area contributed by atoms with Gasteiger partial charge in [0.1, 0.15) is 5.75 Å². The van der Waals surface area contributed by atoms with E-state index in [9.17, 15) is 9.59 Å². The van der Waals surface area contributed by atoms with Crippen molar-refractivity contribution in [1.29, 1.82) is 0 Å². The summed E-state index contributed by atoms with van der Waals surface area (Å²) in [7, 11) is 1.62. The molecule has 5 nitrogen and oxygen atoms in total. The van der Waals surface area contributed by atoms with Crippen LogP contribution in [-0.4, -0.2) is 25.5 Å². The van der Waals surface area contributed by atoms with Crippen molar-refractivity contribution in [3.05, 3.63) is 29.3 Å². The largest absolute Gasteiger partial charge is 0.496 e. The van der Waals surface area contributed by atoms with Crippen LogP contribution in [0.4, 0.5) is 0 Å². The third kappa shape index (κ3) is 4.98. The number of aryl methyl sites for hydroxylation is 1. The minimum Gasteiger partial charge on any atom is -0.496 e. The monoisotopic (exact) mass is 332 g/mol. The van der Waals surface area contributed by atoms with E-state index in [1.807, 2.05) is 32.0 Å². The van der Waals surface area contributed by atoms with Gasteiger partial charge in [-0.15, -0.1) is 0 Å². The Morgan fingerprint density at radius 3 is 2.62 bits per heavy atom. The standard InChI is InChI=1S/C19H28N2O3/c1-13-9-10-17(24-3)16(11-13)14(2)21-18(22)12-20-19(23)15-7-5-4-6-8-15/h9-11,14-15H,4-8,12H2,1-3H3,(H,20,23)(H,21,22)/t14-/m1/s1. The summed E-state index contributed by atoms with van der Waals surface area (Å²) in [5.41, 5.74) is 2.04. The molecule has 5 heteroatoms. The molecule has 1 saturated carbocycles. The molecular weight excluding hydrogens is 304 g/mol. The van der Waals surface area contributed by atoms with Gasteiger partial charge in [0.05, 0.1) is 19.7 Å². The molecule has 0 radical (unpaired) electrons. The minimum absolute atomic E-state index is 0.00522. The van der Waals surface area contributed by atoms with E-state index in [2.05, 4.69) is 10.6 Å². The molecule has 0 unspecified atom stereocenters. The summed E-state index contributed by atoms with van der Waals surface area (Å²) >= 11 is 0. The quantitative estimate of drug-likeness (QED) is 0.842. The predicted octanol–water partition coefficient (Wildman–Crippen LogP) is 2.88. The number of ether oxygens (including phenoxy) is 1. The first-order valence-corrected chi connectivity index (χ1v) is 8.73. The predicted molar refractivity (Wildman–Crippen MR) is 93.9 cm³/mol. The van der Waals surface area contributed by atoms with E-state index in [-0.39, 0.29) is 30.3 Å². The lowest BCUT2D eigenvalue weighted by Gasteiger charge is -2.21. The third-order valence-electron chi connectivity index (χ3n) is 4.63. The van der Waals surface area contributed by atoms with E-state index in [0.29, 0.717) is 0 Å².